The molecule has 0 radical (unpaired) electrons. The molecule has 4 fully saturated rings. The smallest absolute Gasteiger partial charge is 0.180 e. The zero-order valence-electron chi connectivity index (χ0n) is 20.3. The Hall–Kier alpha value is -1.16. The Morgan fingerprint density at radius 3 is 2.31 bits per heavy atom. The van der Waals surface area contributed by atoms with Gasteiger partial charge < -0.3 is 14.2 Å². The minimum Gasteiger partial charge on any atom is -0.366 e. The molecule has 3 nitrogen and oxygen atoms in total. The fourth-order valence-electron chi connectivity index (χ4n) is 6.25. The fourth-order valence-corrected chi connectivity index (χ4v) is 6.25. The Morgan fingerprint density at radius 1 is 0.938 bits per heavy atom. The molecule has 4 aliphatic rings. The standard InChI is InChI=1S/C29H44O3/c1-3-5-7-9-21-30-27-23-31-26(22-32-27)24-10-12-25(13-11-24)29-18-15-28(16-19-29,17-20-29)14-8-6-4-2/h3,10-13,26-27H,1,4-9,14-23H2,2H3/t26-,27+,28?,29?/m0/s1. The largest absolute Gasteiger partial charge is 0.366 e. The molecule has 0 unspecified atom stereocenters. The molecule has 5 rings (SSSR count). The Bertz CT molecular complexity index is 677. The average Bonchev–Trinajstić information content (AvgIpc) is 2.86. The summed E-state index contributed by atoms with van der Waals surface area (Å²) >= 11 is 0. The van der Waals surface area contributed by atoms with Crippen molar-refractivity contribution >= 4 is 0 Å². The van der Waals surface area contributed by atoms with Gasteiger partial charge in [-0.15, -0.1) is 6.58 Å². The van der Waals surface area contributed by atoms with Gasteiger partial charge in [-0.05, 0) is 86.2 Å². The zero-order valence-corrected chi connectivity index (χ0v) is 20.3. The van der Waals surface area contributed by atoms with Crippen molar-refractivity contribution in [1.29, 1.82) is 0 Å². The van der Waals surface area contributed by atoms with E-state index in [1.807, 2.05) is 6.08 Å². The van der Waals surface area contributed by atoms with Crippen LogP contribution in [0.1, 0.15) is 108 Å². The first-order valence-electron chi connectivity index (χ1n) is 13.2. The fraction of sp³-hybridized carbons (Fsp3) is 0.724. The van der Waals surface area contributed by atoms with Gasteiger partial charge in [0.05, 0.1) is 13.2 Å². The van der Waals surface area contributed by atoms with Gasteiger partial charge in [0.25, 0.3) is 0 Å². The molecule has 0 amide bonds. The van der Waals surface area contributed by atoms with Crippen molar-refractivity contribution in [2.24, 2.45) is 5.41 Å². The van der Waals surface area contributed by atoms with Crippen LogP contribution in [0.2, 0.25) is 0 Å². The number of allylic oxidation sites excluding steroid dienone is 1. The lowest BCUT2D eigenvalue weighted by Gasteiger charge is -2.54. The van der Waals surface area contributed by atoms with Gasteiger partial charge in [0.2, 0.25) is 0 Å². The SMILES string of the molecule is C=CCCCCO[C@H]1CO[C@H](c2ccc(C34CCC(CCCCC)(CC3)CC4)cc2)CO1. The molecule has 1 aromatic rings. The topological polar surface area (TPSA) is 27.7 Å². The summed E-state index contributed by atoms with van der Waals surface area (Å²) in [6.07, 6.45) is 19.1. The molecule has 2 bridgehead atoms. The van der Waals surface area contributed by atoms with Crippen LogP contribution < -0.4 is 0 Å². The summed E-state index contributed by atoms with van der Waals surface area (Å²) in [5, 5.41) is 0. The van der Waals surface area contributed by atoms with Crippen LogP contribution >= 0.6 is 0 Å². The van der Waals surface area contributed by atoms with Crippen molar-refractivity contribution in [2.75, 3.05) is 19.8 Å². The maximum absolute atomic E-state index is 6.09. The van der Waals surface area contributed by atoms with E-state index in [0.29, 0.717) is 24.0 Å². The van der Waals surface area contributed by atoms with Crippen molar-refractivity contribution in [2.45, 2.75) is 108 Å². The van der Waals surface area contributed by atoms with Crippen LogP contribution in [0.15, 0.2) is 36.9 Å². The Kier molecular flexibility index (Phi) is 8.48. The van der Waals surface area contributed by atoms with Gasteiger partial charge >= 0.3 is 0 Å². The summed E-state index contributed by atoms with van der Waals surface area (Å²) in [6.45, 7) is 7.88. The number of hydrogen-bond donors (Lipinski definition) is 0. The van der Waals surface area contributed by atoms with Crippen molar-refractivity contribution in [3.63, 3.8) is 0 Å². The molecule has 1 heterocycles. The molecule has 3 heteroatoms. The highest BCUT2D eigenvalue weighted by Gasteiger charge is 2.48. The maximum Gasteiger partial charge on any atom is 0.180 e. The Balaban J connectivity index is 1.24. The third-order valence-electron chi connectivity index (χ3n) is 8.58. The first-order valence-corrected chi connectivity index (χ1v) is 13.2. The van der Waals surface area contributed by atoms with Crippen LogP contribution in [0, 0.1) is 5.41 Å². The van der Waals surface area contributed by atoms with E-state index in [1.165, 1.54) is 69.8 Å². The van der Waals surface area contributed by atoms with E-state index < -0.39 is 0 Å². The molecule has 3 aliphatic carbocycles. The van der Waals surface area contributed by atoms with Gasteiger partial charge in [-0.3, -0.25) is 0 Å². The molecule has 178 valence electrons. The van der Waals surface area contributed by atoms with Crippen LogP contribution in [0.25, 0.3) is 0 Å². The number of unbranched alkanes of at least 4 members (excludes halogenated alkanes) is 4. The number of ether oxygens (including phenoxy) is 3. The molecule has 1 aliphatic heterocycles. The number of benzene rings is 1. The lowest BCUT2D eigenvalue weighted by Crippen LogP contribution is -2.44. The molecule has 0 aromatic heterocycles. The first-order chi connectivity index (χ1) is 15.7. The minimum atomic E-state index is -0.227. The molecule has 1 aromatic carbocycles. The predicted molar refractivity (Wildman–Crippen MR) is 131 cm³/mol. The number of hydrogen-bond acceptors (Lipinski definition) is 3. The summed E-state index contributed by atoms with van der Waals surface area (Å²) < 4.78 is 17.8. The summed E-state index contributed by atoms with van der Waals surface area (Å²) in [5.74, 6) is 0. The molecular formula is C29H44O3. The highest BCUT2D eigenvalue weighted by atomic mass is 16.7. The van der Waals surface area contributed by atoms with Crippen LogP contribution in [0.5, 0.6) is 0 Å². The van der Waals surface area contributed by atoms with Gasteiger partial charge in [-0.2, -0.15) is 0 Å². The summed E-state index contributed by atoms with van der Waals surface area (Å²) in [6, 6.07) is 9.34. The van der Waals surface area contributed by atoms with Gasteiger partial charge in [-0.1, -0.05) is 56.5 Å². The van der Waals surface area contributed by atoms with Gasteiger partial charge in [-0.25, -0.2) is 0 Å². The zero-order chi connectivity index (χ0) is 22.3. The van der Waals surface area contributed by atoms with Gasteiger partial charge in [0.15, 0.2) is 6.29 Å². The number of fused-ring (bicyclic) bond motifs is 3. The summed E-state index contributed by atoms with van der Waals surface area (Å²) in [7, 11) is 0. The highest BCUT2D eigenvalue weighted by Crippen LogP contribution is 2.59. The summed E-state index contributed by atoms with van der Waals surface area (Å²) in [4.78, 5) is 0. The van der Waals surface area contributed by atoms with Crippen LogP contribution in [-0.4, -0.2) is 26.1 Å². The molecule has 1 saturated heterocycles. The van der Waals surface area contributed by atoms with Crippen molar-refractivity contribution in [3.8, 4) is 0 Å². The second-order valence-corrected chi connectivity index (χ2v) is 10.6. The van der Waals surface area contributed by atoms with E-state index in [-0.39, 0.29) is 12.4 Å². The summed E-state index contributed by atoms with van der Waals surface area (Å²) in [5.41, 5.74) is 3.89. The van der Waals surface area contributed by atoms with E-state index in [2.05, 4.69) is 37.8 Å². The Morgan fingerprint density at radius 2 is 1.69 bits per heavy atom. The monoisotopic (exact) mass is 440 g/mol. The lowest BCUT2D eigenvalue weighted by atomic mass is 9.51. The van der Waals surface area contributed by atoms with Gasteiger partial charge in [0, 0.05) is 6.61 Å². The third kappa shape index (κ3) is 5.66. The predicted octanol–water partition coefficient (Wildman–Crippen LogP) is 7.65. The Labute approximate surface area is 195 Å². The normalized spacial score (nSPS) is 32.2. The van der Waals surface area contributed by atoms with Gasteiger partial charge in [0.1, 0.15) is 6.10 Å². The molecule has 0 N–H and O–H groups in total. The second kappa shape index (κ2) is 11.3. The lowest BCUT2D eigenvalue weighted by molar-refractivity contribution is -0.236. The molecular weight excluding hydrogens is 396 g/mol. The second-order valence-electron chi connectivity index (χ2n) is 10.6. The first kappa shape index (κ1) is 24.0. The molecule has 3 saturated carbocycles. The number of rotatable bonds is 12. The average molecular weight is 441 g/mol. The minimum absolute atomic E-state index is 0.0195. The molecule has 0 spiro atoms. The van der Waals surface area contributed by atoms with E-state index in [4.69, 9.17) is 14.2 Å². The third-order valence-corrected chi connectivity index (χ3v) is 8.58. The van der Waals surface area contributed by atoms with Crippen molar-refractivity contribution in [3.05, 3.63) is 48.0 Å². The molecule has 32 heavy (non-hydrogen) atoms. The highest BCUT2D eigenvalue weighted by molar-refractivity contribution is 5.32. The van der Waals surface area contributed by atoms with Crippen LogP contribution in [0.4, 0.5) is 0 Å². The van der Waals surface area contributed by atoms with Crippen LogP contribution in [0.3, 0.4) is 0 Å². The van der Waals surface area contributed by atoms with E-state index in [0.717, 1.165) is 25.9 Å². The van der Waals surface area contributed by atoms with E-state index in [1.54, 1.807) is 5.56 Å². The van der Waals surface area contributed by atoms with E-state index >= 15 is 0 Å². The van der Waals surface area contributed by atoms with Crippen molar-refractivity contribution < 1.29 is 14.2 Å². The van der Waals surface area contributed by atoms with Crippen LogP contribution in [-0.2, 0) is 19.6 Å². The maximum atomic E-state index is 6.09. The molecule has 2 atom stereocenters. The quantitative estimate of drug-likeness (QED) is 0.247. The van der Waals surface area contributed by atoms with Crippen molar-refractivity contribution in [1.82, 2.24) is 0 Å². The van der Waals surface area contributed by atoms with E-state index in [9.17, 15) is 0 Å².